The molecule has 2 aromatic rings. The van der Waals surface area contributed by atoms with Crippen molar-refractivity contribution in [3.8, 4) is 5.75 Å². The Labute approximate surface area is 120 Å². The summed E-state index contributed by atoms with van der Waals surface area (Å²) < 4.78 is 6.86. The molecule has 0 amide bonds. The molecular formula is C14H13BrClNO. The summed E-state index contributed by atoms with van der Waals surface area (Å²) in [5, 5.41) is 0.649. The number of hydrogen-bond donors (Lipinski definition) is 1. The standard InChI is InChI=1S/C14H13BrClNO/c15-13-7-2-1-6-12(13)14(9-17)18-11-5-3-4-10(16)8-11/h1-8,14H,9,17H2. The lowest BCUT2D eigenvalue weighted by molar-refractivity contribution is 0.213. The van der Waals surface area contributed by atoms with Crippen molar-refractivity contribution in [2.45, 2.75) is 6.10 Å². The topological polar surface area (TPSA) is 35.2 Å². The Kier molecular flexibility index (Phi) is 4.64. The molecule has 0 aliphatic carbocycles. The van der Waals surface area contributed by atoms with Crippen molar-refractivity contribution in [3.05, 3.63) is 63.6 Å². The van der Waals surface area contributed by atoms with E-state index in [1.54, 1.807) is 6.07 Å². The quantitative estimate of drug-likeness (QED) is 0.914. The Morgan fingerprint density at radius 3 is 2.61 bits per heavy atom. The number of hydrogen-bond acceptors (Lipinski definition) is 2. The van der Waals surface area contributed by atoms with Crippen LogP contribution in [0.5, 0.6) is 5.75 Å². The molecule has 0 aromatic heterocycles. The van der Waals surface area contributed by atoms with E-state index in [-0.39, 0.29) is 6.10 Å². The van der Waals surface area contributed by atoms with Crippen molar-refractivity contribution < 1.29 is 4.74 Å². The minimum atomic E-state index is -0.195. The van der Waals surface area contributed by atoms with E-state index in [2.05, 4.69) is 15.9 Å². The van der Waals surface area contributed by atoms with Gasteiger partial charge in [0.25, 0.3) is 0 Å². The van der Waals surface area contributed by atoms with Gasteiger partial charge in [0.1, 0.15) is 11.9 Å². The largest absolute Gasteiger partial charge is 0.484 e. The van der Waals surface area contributed by atoms with E-state index in [0.29, 0.717) is 17.3 Å². The molecule has 2 aromatic carbocycles. The third-order valence-electron chi connectivity index (χ3n) is 2.54. The van der Waals surface area contributed by atoms with Gasteiger partial charge in [-0.2, -0.15) is 0 Å². The van der Waals surface area contributed by atoms with Crippen LogP contribution >= 0.6 is 27.5 Å². The van der Waals surface area contributed by atoms with Crippen LogP contribution in [0.3, 0.4) is 0 Å². The number of halogens is 2. The van der Waals surface area contributed by atoms with Crippen molar-refractivity contribution in [2.24, 2.45) is 5.73 Å². The minimum Gasteiger partial charge on any atom is -0.484 e. The maximum atomic E-state index is 5.93. The zero-order chi connectivity index (χ0) is 13.0. The summed E-state index contributed by atoms with van der Waals surface area (Å²) in [6.07, 6.45) is -0.195. The van der Waals surface area contributed by atoms with Crippen LogP contribution < -0.4 is 10.5 Å². The summed E-state index contributed by atoms with van der Waals surface area (Å²) >= 11 is 9.43. The molecular weight excluding hydrogens is 314 g/mol. The van der Waals surface area contributed by atoms with Crippen LogP contribution in [0.25, 0.3) is 0 Å². The van der Waals surface area contributed by atoms with Gasteiger partial charge in [-0.05, 0) is 24.3 Å². The highest BCUT2D eigenvalue weighted by Crippen LogP contribution is 2.28. The summed E-state index contributed by atoms with van der Waals surface area (Å²) in [5.74, 6) is 0.716. The van der Waals surface area contributed by atoms with E-state index in [1.807, 2.05) is 42.5 Å². The summed E-state index contributed by atoms with van der Waals surface area (Å²) in [6, 6.07) is 15.2. The van der Waals surface area contributed by atoms with Crippen LogP contribution in [0.2, 0.25) is 5.02 Å². The molecule has 4 heteroatoms. The maximum Gasteiger partial charge on any atom is 0.137 e. The summed E-state index contributed by atoms with van der Waals surface area (Å²) in [5.41, 5.74) is 6.81. The molecule has 0 radical (unpaired) electrons. The van der Waals surface area contributed by atoms with Gasteiger partial charge in [-0.1, -0.05) is 51.8 Å². The first kappa shape index (κ1) is 13.4. The average Bonchev–Trinajstić information content (AvgIpc) is 2.37. The number of ether oxygens (including phenoxy) is 1. The number of rotatable bonds is 4. The monoisotopic (exact) mass is 325 g/mol. The Morgan fingerprint density at radius 1 is 1.17 bits per heavy atom. The van der Waals surface area contributed by atoms with E-state index in [9.17, 15) is 0 Å². The van der Waals surface area contributed by atoms with Crippen LogP contribution in [0.1, 0.15) is 11.7 Å². The van der Waals surface area contributed by atoms with Gasteiger partial charge in [0.2, 0.25) is 0 Å². The van der Waals surface area contributed by atoms with Gasteiger partial charge in [0.15, 0.2) is 0 Å². The summed E-state index contributed by atoms with van der Waals surface area (Å²) in [7, 11) is 0. The number of nitrogens with two attached hydrogens (primary N) is 1. The van der Waals surface area contributed by atoms with Crippen LogP contribution in [-0.4, -0.2) is 6.54 Å². The second-order valence-corrected chi connectivity index (χ2v) is 5.11. The van der Waals surface area contributed by atoms with Gasteiger partial charge in [-0.3, -0.25) is 0 Å². The van der Waals surface area contributed by atoms with Gasteiger partial charge in [-0.25, -0.2) is 0 Å². The molecule has 0 spiro atoms. The molecule has 0 aliphatic heterocycles. The highest BCUT2D eigenvalue weighted by molar-refractivity contribution is 9.10. The predicted molar refractivity (Wildman–Crippen MR) is 78.0 cm³/mol. The molecule has 0 bridgehead atoms. The van der Waals surface area contributed by atoms with E-state index in [4.69, 9.17) is 22.1 Å². The SMILES string of the molecule is NCC(Oc1cccc(Cl)c1)c1ccccc1Br. The van der Waals surface area contributed by atoms with Gasteiger partial charge >= 0.3 is 0 Å². The van der Waals surface area contributed by atoms with Crippen molar-refractivity contribution in [1.82, 2.24) is 0 Å². The molecule has 0 aliphatic rings. The zero-order valence-corrected chi connectivity index (χ0v) is 12.0. The maximum absolute atomic E-state index is 5.93. The molecule has 0 heterocycles. The Balaban J connectivity index is 2.23. The molecule has 0 saturated carbocycles. The molecule has 1 unspecified atom stereocenters. The highest BCUT2D eigenvalue weighted by Gasteiger charge is 2.14. The van der Waals surface area contributed by atoms with Gasteiger partial charge in [0, 0.05) is 21.6 Å². The third kappa shape index (κ3) is 3.25. The predicted octanol–water partition coefficient (Wildman–Crippen LogP) is 4.18. The molecule has 1 atom stereocenters. The summed E-state index contributed by atoms with van der Waals surface area (Å²) in [4.78, 5) is 0. The average molecular weight is 327 g/mol. The second-order valence-electron chi connectivity index (χ2n) is 3.82. The fraction of sp³-hybridized carbons (Fsp3) is 0.143. The van der Waals surface area contributed by atoms with E-state index in [0.717, 1.165) is 10.0 Å². The molecule has 0 saturated heterocycles. The smallest absolute Gasteiger partial charge is 0.137 e. The second kappa shape index (κ2) is 6.23. The van der Waals surface area contributed by atoms with Crippen molar-refractivity contribution in [2.75, 3.05) is 6.54 Å². The van der Waals surface area contributed by atoms with Crippen molar-refractivity contribution in [1.29, 1.82) is 0 Å². The summed E-state index contributed by atoms with van der Waals surface area (Å²) in [6.45, 7) is 0.398. The van der Waals surface area contributed by atoms with Gasteiger partial charge in [-0.15, -0.1) is 0 Å². The first-order valence-electron chi connectivity index (χ1n) is 5.57. The number of benzene rings is 2. The fourth-order valence-corrected chi connectivity index (χ4v) is 2.40. The van der Waals surface area contributed by atoms with Crippen LogP contribution in [-0.2, 0) is 0 Å². The molecule has 2 nitrogen and oxygen atoms in total. The zero-order valence-electron chi connectivity index (χ0n) is 9.64. The Hall–Kier alpha value is -1.03. The fourth-order valence-electron chi connectivity index (χ4n) is 1.68. The van der Waals surface area contributed by atoms with Crippen molar-refractivity contribution in [3.63, 3.8) is 0 Å². The Morgan fingerprint density at radius 2 is 1.94 bits per heavy atom. The van der Waals surface area contributed by atoms with E-state index < -0.39 is 0 Å². The van der Waals surface area contributed by atoms with Gasteiger partial charge < -0.3 is 10.5 Å². The lowest BCUT2D eigenvalue weighted by Crippen LogP contribution is -2.18. The lowest BCUT2D eigenvalue weighted by Gasteiger charge is -2.19. The normalized spacial score (nSPS) is 12.2. The molecule has 2 rings (SSSR count). The van der Waals surface area contributed by atoms with Crippen LogP contribution in [0.4, 0.5) is 0 Å². The first-order chi connectivity index (χ1) is 8.70. The molecule has 2 N–H and O–H groups in total. The van der Waals surface area contributed by atoms with E-state index in [1.165, 1.54) is 0 Å². The first-order valence-corrected chi connectivity index (χ1v) is 6.74. The van der Waals surface area contributed by atoms with Crippen molar-refractivity contribution >= 4 is 27.5 Å². The molecule has 18 heavy (non-hydrogen) atoms. The van der Waals surface area contributed by atoms with E-state index >= 15 is 0 Å². The lowest BCUT2D eigenvalue weighted by atomic mass is 10.1. The van der Waals surface area contributed by atoms with Crippen LogP contribution in [0.15, 0.2) is 53.0 Å². The Bertz CT molecular complexity index is 533. The van der Waals surface area contributed by atoms with Crippen LogP contribution in [0, 0.1) is 0 Å². The van der Waals surface area contributed by atoms with Gasteiger partial charge in [0.05, 0.1) is 0 Å². The molecule has 0 fully saturated rings. The third-order valence-corrected chi connectivity index (χ3v) is 3.50. The molecule has 94 valence electrons. The highest BCUT2D eigenvalue weighted by atomic mass is 79.9. The minimum absolute atomic E-state index is 0.195.